The van der Waals surface area contributed by atoms with Crippen LogP contribution in [0.3, 0.4) is 0 Å². The fourth-order valence-corrected chi connectivity index (χ4v) is 3.63. The topological polar surface area (TPSA) is 72.2 Å². The summed E-state index contributed by atoms with van der Waals surface area (Å²) in [6.07, 6.45) is 4.18. The fourth-order valence-electron chi connectivity index (χ4n) is 1.88. The van der Waals surface area contributed by atoms with Crippen molar-refractivity contribution >= 4 is 43.2 Å². The van der Waals surface area contributed by atoms with Gasteiger partial charge in [-0.25, -0.2) is 17.5 Å². The molecule has 8 heteroatoms. The number of nitrogen functional groups attached to an aromatic ring is 1. The van der Waals surface area contributed by atoms with Gasteiger partial charge in [0.15, 0.2) is 5.82 Å². The van der Waals surface area contributed by atoms with E-state index >= 15 is 0 Å². The second-order valence-electron chi connectivity index (χ2n) is 4.88. The van der Waals surface area contributed by atoms with Crippen molar-refractivity contribution in [3.63, 3.8) is 0 Å². The SMILES string of the molecule is Nc1c(F)c(S(=O)(=O)NCCCC2CC2)cc(Cl)c1Br. The summed E-state index contributed by atoms with van der Waals surface area (Å²) in [5, 5.41) is 0.0576. The van der Waals surface area contributed by atoms with Gasteiger partial charge in [0.2, 0.25) is 10.0 Å². The summed E-state index contributed by atoms with van der Waals surface area (Å²) in [4.78, 5) is -0.519. The van der Waals surface area contributed by atoms with Crippen molar-refractivity contribution in [2.24, 2.45) is 5.92 Å². The van der Waals surface area contributed by atoms with E-state index in [-0.39, 0.29) is 21.7 Å². The summed E-state index contributed by atoms with van der Waals surface area (Å²) in [5.74, 6) is -0.259. The summed E-state index contributed by atoms with van der Waals surface area (Å²) in [6.45, 7) is 0.284. The smallest absolute Gasteiger partial charge is 0.243 e. The average molecular weight is 386 g/mol. The zero-order chi connectivity index (χ0) is 14.9. The maximum atomic E-state index is 14.0. The predicted molar refractivity (Wildman–Crippen MR) is 80.7 cm³/mol. The van der Waals surface area contributed by atoms with Crippen LogP contribution in [0, 0.1) is 11.7 Å². The third kappa shape index (κ3) is 3.63. The zero-order valence-electron chi connectivity index (χ0n) is 10.6. The van der Waals surface area contributed by atoms with E-state index in [1.54, 1.807) is 0 Å². The summed E-state index contributed by atoms with van der Waals surface area (Å²) in [6, 6.07) is 1.06. The first-order valence-electron chi connectivity index (χ1n) is 6.25. The van der Waals surface area contributed by atoms with Gasteiger partial charge in [-0.15, -0.1) is 0 Å². The van der Waals surface area contributed by atoms with Crippen molar-refractivity contribution in [3.05, 3.63) is 21.4 Å². The lowest BCUT2D eigenvalue weighted by molar-refractivity contribution is 0.553. The van der Waals surface area contributed by atoms with Crippen LogP contribution in [0.2, 0.25) is 5.02 Å². The maximum absolute atomic E-state index is 14.0. The second-order valence-corrected chi connectivity index (χ2v) is 7.82. The first kappa shape index (κ1) is 16.0. The van der Waals surface area contributed by atoms with Gasteiger partial charge in [-0.2, -0.15) is 0 Å². The molecular weight excluding hydrogens is 371 g/mol. The Hall–Kier alpha value is -0.370. The highest BCUT2D eigenvalue weighted by Gasteiger charge is 2.24. The van der Waals surface area contributed by atoms with Crippen LogP contribution in [0.15, 0.2) is 15.4 Å². The Bertz CT molecular complexity index is 620. The van der Waals surface area contributed by atoms with Crippen molar-refractivity contribution in [2.45, 2.75) is 30.6 Å². The molecule has 0 bridgehead atoms. The lowest BCUT2D eigenvalue weighted by Gasteiger charge is -2.11. The third-order valence-electron chi connectivity index (χ3n) is 3.22. The number of sulfonamides is 1. The standard InChI is InChI=1S/C12H15BrClFN2O2S/c13-10-8(14)6-9(11(15)12(10)16)20(18,19)17-5-1-2-7-3-4-7/h6-7,17H,1-5,16H2. The fraction of sp³-hybridized carbons (Fsp3) is 0.500. The van der Waals surface area contributed by atoms with Crippen molar-refractivity contribution in [3.8, 4) is 0 Å². The van der Waals surface area contributed by atoms with Gasteiger partial charge in [0.25, 0.3) is 0 Å². The number of anilines is 1. The van der Waals surface area contributed by atoms with Gasteiger partial charge in [0.05, 0.1) is 15.2 Å². The summed E-state index contributed by atoms with van der Waals surface area (Å²) >= 11 is 8.83. The molecule has 20 heavy (non-hydrogen) atoms. The summed E-state index contributed by atoms with van der Waals surface area (Å²) < 4.78 is 40.6. The predicted octanol–water partition coefficient (Wildman–Crippen LogP) is 3.29. The molecule has 1 aliphatic carbocycles. The molecule has 112 valence electrons. The molecular formula is C12H15BrClFN2O2S. The molecule has 0 saturated heterocycles. The van der Waals surface area contributed by atoms with Gasteiger partial charge >= 0.3 is 0 Å². The number of hydrogen-bond donors (Lipinski definition) is 2. The number of nitrogens with one attached hydrogen (secondary N) is 1. The molecule has 0 atom stereocenters. The lowest BCUT2D eigenvalue weighted by atomic mass is 10.2. The second kappa shape index (κ2) is 6.17. The molecule has 2 rings (SSSR count). The van der Waals surface area contributed by atoms with Crippen molar-refractivity contribution in [2.75, 3.05) is 12.3 Å². The lowest BCUT2D eigenvalue weighted by Crippen LogP contribution is -2.26. The number of nitrogens with two attached hydrogens (primary N) is 1. The van der Waals surface area contributed by atoms with Gasteiger partial charge in [-0.1, -0.05) is 24.4 Å². The Morgan fingerprint density at radius 1 is 1.50 bits per heavy atom. The normalized spacial score (nSPS) is 15.6. The highest BCUT2D eigenvalue weighted by atomic mass is 79.9. The Labute approximate surface area is 131 Å². The molecule has 0 aromatic heterocycles. The van der Waals surface area contributed by atoms with Crippen molar-refractivity contribution < 1.29 is 12.8 Å². The Kier molecular flexibility index (Phi) is 4.94. The van der Waals surface area contributed by atoms with Gasteiger partial charge in [-0.3, -0.25) is 0 Å². The molecule has 0 heterocycles. The van der Waals surface area contributed by atoms with E-state index in [4.69, 9.17) is 17.3 Å². The average Bonchev–Trinajstić information content (AvgIpc) is 3.20. The first-order chi connectivity index (χ1) is 9.33. The van der Waals surface area contributed by atoms with Crippen LogP contribution in [-0.2, 0) is 10.0 Å². The Balaban J connectivity index is 2.11. The van der Waals surface area contributed by atoms with Gasteiger partial charge < -0.3 is 5.73 Å². The molecule has 4 nitrogen and oxygen atoms in total. The van der Waals surface area contributed by atoms with E-state index in [2.05, 4.69) is 20.7 Å². The molecule has 0 aliphatic heterocycles. The molecule has 1 aromatic carbocycles. The Morgan fingerprint density at radius 3 is 2.75 bits per heavy atom. The quantitative estimate of drug-likeness (QED) is 0.448. The van der Waals surface area contributed by atoms with Gasteiger partial charge in [-0.05, 0) is 40.8 Å². The highest BCUT2D eigenvalue weighted by Crippen LogP contribution is 2.35. The number of benzene rings is 1. The van der Waals surface area contributed by atoms with Crippen LogP contribution in [0.1, 0.15) is 25.7 Å². The zero-order valence-corrected chi connectivity index (χ0v) is 13.8. The van der Waals surface area contributed by atoms with Crippen molar-refractivity contribution in [1.29, 1.82) is 0 Å². The summed E-state index contributed by atoms with van der Waals surface area (Å²) in [7, 11) is -3.94. The van der Waals surface area contributed by atoms with E-state index in [0.717, 1.165) is 24.8 Å². The van der Waals surface area contributed by atoms with Crippen LogP contribution < -0.4 is 10.5 Å². The number of rotatable bonds is 6. The molecule has 1 aliphatic rings. The van der Waals surface area contributed by atoms with Crippen LogP contribution >= 0.6 is 27.5 Å². The minimum Gasteiger partial charge on any atom is -0.395 e. The van der Waals surface area contributed by atoms with Crippen LogP contribution in [0.25, 0.3) is 0 Å². The molecule has 0 spiro atoms. The third-order valence-corrected chi connectivity index (χ3v) is 6.07. The maximum Gasteiger partial charge on any atom is 0.243 e. The minimum absolute atomic E-state index is 0.0576. The molecule has 1 fully saturated rings. The van der Waals surface area contributed by atoms with E-state index in [0.29, 0.717) is 0 Å². The van der Waals surface area contributed by atoms with Gasteiger partial charge in [0.1, 0.15) is 4.90 Å². The van der Waals surface area contributed by atoms with E-state index in [1.165, 1.54) is 12.8 Å². The van der Waals surface area contributed by atoms with E-state index < -0.39 is 20.7 Å². The molecule has 1 saturated carbocycles. The Morgan fingerprint density at radius 2 is 2.15 bits per heavy atom. The van der Waals surface area contributed by atoms with E-state index in [1.807, 2.05) is 0 Å². The summed E-state index contributed by atoms with van der Waals surface area (Å²) in [5.41, 5.74) is 5.18. The first-order valence-corrected chi connectivity index (χ1v) is 8.91. The number of hydrogen-bond acceptors (Lipinski definition) is 3. The largest absolute Gasteiger partial charge is 0.395 e. The van der Waals surface area contributed by atoms with Crippen LogP contribution in [0.5, 0.6) is 0 Å². The van der Waals surface area contributed by atoms with Crippen LogP contribution in [-0.4, -0.2) is 15.0 Å². The van der Waals surface area contributed by atoms with Crippen LogP contribution in [0.4, 0.5) is 10.1 Å². The molecule has 3 N–H and O–H groups in total. The van der Waals surface area contributed by atoms with Gasteiger partial charge in [0, 0.05) is 6.54 Å². The molecule has 0 unspecified atom stereocenters. The number of halogens is 3. The van der Waals surface area contributed by atoms with Crippen molar-refractivity contribution in [1.82, 2.24) is 4.72 Å². The molecule has 0 amide bonds. The molecule has 1 aromatic rings. The monoisotopic (exact) mass is 384 g/mol. The molecule has 0 radical (unpaired) electrons. The highest BCUT2D eigenvalue weighted by molar-refractivity contribution is 9.10. The minimum atomic E-state index is -3.94. The van der Waals surface area contributed by atoms with E-state index in [9.17, 15) is 12.8 Å².